The van der Waals surface area contributed by atoms with E-state index in [-0.39, 0.29) is 23.3 Å². The van der Waals surface area contributed by atoms with Crippen LogP contribution in [0, 0.1) is 10.1 Å². The highest BCUT2D eigenvalue weighted by atomic mass is 16.6. The second kappa shape index (κ2) is 9.17. The molecular formula is C15H26N4O3. The van der Waals surface area contributed by atoms with Crippen LogP contribution in [-0.2, 0) is 0 Å². The molecule has 0 aliphatic carbocycles. The summed E-state index contributed by atoms with van der Waals surface area (Å²) < 4.78 is 5.47. The number of nitrogens with one attached hydrogen (secondary N) is 1. The molecule has 124 valence electrons. The number of nitro groups is 1. The van der Waals surface area contributed by atoms with Crippen molar-refractivity contribution in [3.63, 3.8) is 0 Å². The highest BCUT2D eigenvalue weighted by molar-refractivity contribution is 5.61. The first-order valence-corrected chi connectivity index (χ1v) is 7.94. The van der Waals surface area contributed by atoms with Gasteiger partial charge in [0, 0.05) is 12.5 Å². The van der Waals surface area contributed by atoms with Gasteiger partial charge in [-0.15, -0.1) is 0 Å². The Hall–Kier alpha value is -1.92. The van der Waals surface area contributed by atoms with Crippen LogP contribution in [0.25, 0.3) is 0 Å². The van der Waals surface area contributed by atoms with Crippen LogP contribution in [0.15, 0.2) is 0 Å². The van der Waals surface area contributed by atoms with Crippen molar-refractivity contribution in [2.45, 2.75) is 59.3 Å². The highest BCUT2D eigenvalue weighted by Gasteiger charge is 2.26. The summed E-state index contributed by atoms with van der Waals surface area (Å²) in [6.45, 7) is 9.00. The van der Waals surface area contributed by atoms with Crippen LogP contribution < -0.4 is 10.1 Å². The summed E-state index contributed by atoms with van der Waals surface area (Å²) in [5, 5.41) is 14.5. The fourth-order valence-corrected chi connectivity index (χ4v) is 1.88. The van der Waals surface area contributed by atoms with Gasteiger partial charge in [0.1, 0.15) is 5.82 Å². The summed E-state index contributed by atoms with van der Waals surface area (Å²) in [4.78, 5) is 19.4. The summed E-state index contributed by atoms with van der Waals surface area (Å²) in [5.74, 6) is 0.935. The van der Waals surface area contributed by atoms with Crippen molar-refractivity contribution in [3.8, 4) is 5.88 Å². The zero-order chi connectivity index (χ0) is 16.5. The molecule has 7 nitrogen and oxygen atoms in total. The maximum atomic E-state index is 11.4. The van der Waals surface area contributed by atoms with Gasteiger partial charge >= 0.3 is 5.69 Å². The summed E-state index contributed by atoms with van der Waals surface area (Å²) >= 11 is 0. The minimum absolute atomic E-state index is 0.0588. The van der Waals surface area contributed by atoms with Crippen molar-refractivity contribution in [1.82, 2.24) is 9.97 Å². The second-order valence-electron chi connectivity index (χ2n) is 5.48. The number of anilines is 1. The molecule has 0 aliphatic rings. The minimum Gasteiger partial charge on any atom is -0.473 e. The van der Waals surface area contributed by atoms with Crippen LogP contribution in [0.2, 0.25) is 0 Å². The number of nitrogens with zero attached hydrogens (tertiary/aromatic N) is 3. The molecule has 0 radical (unpaired) electrons. The predicted octanol–water partition coefficient (Wildman–Crippen LogP) is 3.90. The summed E-state index contributed by atoms with van der Waals surface area (Å²) in [7, 11) is 0. The van der Waals surface area contributed by atoms with Crippen molar-refractivity contribution < 1.29 is 9.66 Å². The van der Waals surface area contributed by atoms with Crippen LogP contribution in [0.1, 0.15) is 65.1 Å². The Kier molecular flexibility index (Phi) is 7.56. The fraction of sp³-hybridized carbons (Fsp3) is 0.733. The Morgan fingerprint density at radius 1 is 1.23 bits per heavy atom. The minimum atomic E-state index is -0.475. The van der Waals surface area contributed by atoms with E-state index in [1.165, 1.54) is 0 Å². The molecule has 0 saturated carbocycles. The van der Waals surface area contributed by atoms with Crippen molar-refractivity contribution >= 4 is 11.5 Å². The highest BCUT2D eigenvalue weighted by Crippen LogP contribution is 2.33. The normalized spacial score (nSPS) is 10.8. The molecule has 0 saturated heterocycles. The molecule has 0 amide bonds. The molecule has 0 bridgehead atoms. The van der Waals surface area contributed by atoms with E-state index in [1.807, 2.05) is 20.8 Å². The lowest BCUT2D eigenvalue weighted by atomic mass is 10.2. The molecule has 0 fully saturated rings. The Bertz CT molecular complexity index is 492. The van der Waals surface area contributed by atoms with Crippen LogP contribution in [-0.4, -0.2) is 28.0 Å². The number of aromatic nitrogens is 2. The molecule has 1 heterocycles. The van der Waals surface area contributed by atoms with E-state index in [2.05, 4.69) is 22.2 Å². The number of hydrogen-bond donors (Lipinski definition) is 1. The van der Waals surface area contributed by atoms with Gasteiger partial charge in [0.2, 0.25) is 5.82 Å². The molecule has 1 aromatic rings. The fourth-order valence-electron chi connectivity index (χ4n) is 1.88. The summed E-state index contributed by atoms with van der Waals surface area (Å²) in [6, 6.07) is 0. The van der Waals surface area contributed by atoms with E-state index in [1.54, 1.807) is 0 Å². The lowest BCUT2D eigenvalue weighted by molar-refractivity contribution is -0.385. The molecule has 0 aliphatic heterocycles. The third-order valence-corrected chi connectivity index (χ3v) is 3.08. The van der Waals surface area contributed by atoms with Gasteiger partial charge in [-0.1, -0.05) is 40.5 Å². The quantitative estimate of drug-likeness (QED) is 0.400. The van der Waals surface area contributed by atoms with Crippen molar-refractivity contribution in [1.29, 1.82) is 0 Å². The first-order chi connectivity index (χ1) is 10.5. The van der Waals surface area contributed by atoms with Crippen LogP contribution in [0.4, 0.5) is 11.5 Å². The number of hydrogen-bond acceptors (Lipinski definition) is 6. The van der Waals surface area contributed by atoms with Crippen LogP contribution in [0.3, 0.4) is 0 Å². The molecule has 22 heavy (non-hydrogen) atoms. The Morgan fingerprint density at radius 2 is 1.95 bits per heavy atom. The molecule has 1 rings (SSSR count). The van der Waals surface area contributed by atoms with Crippen LogP contribution >= 0.6 is 0 Å². The first-order valence-electron chi connectivity index (χ1n) is 7.94. The SMILES string of the molecule is CCCCCNc1nc(C(C)C)nc(OCCC)c1[N+](=O)[O-]. The van der Waals surface area contributed by atoms with Crippen molar-refractivity contribution in [2.75, 3.05) is 18.5 Å². The average Bonchev–Trinajstić information content (AvgIpc) is 2.48. The van der Waals surface area contributed by atoms with Gasteiger partial charge in [0.25, 0.3) is 5.88 Å². The Morgan fingerprint density at radius 3 is 2.50 bits per heavy atom. The maximum absolute atomic E-state index is 11.4. The van der Waals surface area contributed by atoms with Crippen molar-refractivity contribution in [3.05, 3.63) is 15.9 Å². The van der Waals surface area contributed by atoms with E-state index in [9.17, 15) is 10.1 Å². The largest absolute Gasteiger partial charge is 0.473 e. The van der Waals surface area contributed by atoms with Crippen molar-refractivity contribution in [2.24, 2.45) is 0 Å². The maximum Gasteiger partial charge on any atom is 0.372 e. The monoisotopic (exact) mass is 310 g/mol. The summed E-state index contributed by atoms with van der Waals surface area (Å²) in [5.41, 5.74) is -0.172. The molecule has 0 unspecified atom stereocenters. The van der Waals surface area contributed by atoms with E-state index < -0.39 is 4.92 Å². The van der Waals surface area contributed by atoms with Crippen LogP contribution in [0.5, 0.6) is 5.88 Å². The van der Waals surface area contributed by atoms with Gasteiger partial charge in [-0.3, -0.25) is 10.1 Å². The molecule has 1 N–H and O–H groups in total. The smallest absolute Gasteiger partial charge is 0.372 e. The number of ether oxygens (including phenoxy) is 1. The molecule has 7 heteroatoms. The molecular weight excluding hydrogens is 284 g/mol. The molecule has 0 aromatic carbocycles. The number of rotatable bonds is 10. The summed E-state index contributed by atoms with van der Waals surface area (Å²) in [6.07, 6.45) is 3.87. The zero-order valence-corrected chi connectivity index (χ0v) is 13.9. The molecule has 1 aromatic heterocycles. The lowest BCUT2D eigenvalue weighted by Crippen LogP contribution is -2.12. The Labute approximate surface area is 131 Å². The Balaban J connectivity index is 3.12. The third-order valence-electron chi connectivity index (χ3n) is 3.08. The standard InChI is InChI=1S/C15H26N4O3/c1-5-7-8-9-16-14-12(19(20)21)15(22-10-6-2)18-13(17-14)11(3)4/h11H,5-10H2,1-4H3,(H,16,17,18). The van der Waals surface area contributed by atoms with Gasteiger partial charge in [0.15, 0.2) is 0 Å². The van der Waals surface area contributed by atoms with Gasteiger partial charge in [-0.2, -0.15) is 4.98 Å². The average molecular weight is 310 g/mol. The van der Waals surface area contributed by atoms with Gasteiger partial charge < -0.3 is 10.1 Å². The first kappa shape index (κ1) is 18.1. The van der Waals surface area contributed by atoms with Gasteiger partial charge in [0.05, 0.1) is 11.5 Å². The van der Waals surface area contributed by atoms with E-state index in [4.69, 9.17) is 4.74 Å². The predicted molar refractivity (Wildman–Crippen MR) is 86.6 cm³/mol. The van der Waals surface area contributed by atoms with E-state index in [0.717, 1.165) is 25.7 Å². The van der Waals surface area contributed by atoms with E-state index in [0.29, 0.717) is 19.0 Å². The number of unbranched alkanes of at least 4 members (excludes halogenated alkanes) is 2. The molecule has 0 atom stereocenters. The molecule has 0 spiro atoms. The van der Waals surface area contributed by atoms with E-state index >= 15 is 0 Å². The third kappa shape index (κ3) is 5.13. The van der Waals surface area contributed by atoms with Gasteiger partial charge in [-0.25, -0.2) is 4.98 Å². The second-order valence-corrected chi connectivity index (χ2v) is 5.48. The van der Waals surface area contributed by atoms with Gasteiger partial charge in [-0.05, 0) is 12.8 Å². The lowest BCUT2D eigenvalue weighted by Gasteiger charge is -2.13. The zero-order valence-electron chi connectivity index (χ0n) is 13.9. The topological polar surface area (TPSA) is 90.2 Å².